The highest BCUT2D eigenvalue weighted by atomic mass is 19.1. The molecule has 1 fully saturated rings. The number of ether oxygens (including phenoxy) is 1. The van der Waals surface area contributed by atoms with E-state index in [0.29, 0.717) is 0 Å². The maximum absolute atomic E-state index is 13.7. The van der Waals surface area contributed by atoms with E-state index in [1.165, 1.54) is 6.07 Å². The van der Waals surface area contributed by atoms with Crippen molar-refractivity contribution in [1.29, 1.82) is 0 Å². The SMILES string of the molecule is O=C1OC2(CCCNCC2)c2cccc(F)c21. The highest BCUT2D eigenvalue weighted by Gasteiger charge is 2.46. The van der Waals surface area contributed by atoms with Gasteiger partial charge in [0.05, 0.1) is 0 Å². The second-order valence-electron chi connectivity index (χ2n) is 4.65. The predicted octanol–water partition coefficient (Wildman–Crippen LogP) is 1.96. The van der Waals surface area contributed by atoms with Crippen molar-refractivity contribution in [3.63, 3.8) is 0 Å². The van der Waals surface area contributed by atoms with Crippen molar-refractivity contribution in [1.82, 2.24) is 5.32 Å². The van der Waals surface area contributed by atoms with Crippen LogP contribution in [0, 0.1) is 5.82 Å². The second kappa shape index (κ2) is 3.81. The van der Waals surface area contributed by atoms with Crippen molar-refractivity contribution in [2.24, 2.45) is 0 Å². The van der Waals surface area contributed by atoms with Crippen LogP contribution in [0.2, 0.25) is 0 Å². The molecule has 17 heavy (non-hydrogen) atoms. The quantitative estimate of drug-likeness (QED) is 0.699. The largest absolute Gasteiger partial charge is 0.450 e. The van der Waals surface area contributed by atoms with Gasteiger partial charge in [-0.05, 0) is 32.0 Å². The Labute approximate surface area is 99.0 Å². The van der Waals surface area contributed by atoms with E-state index in [-0.39, 0.29) is 5.56 Å². The zero-order chi connectivity index (χ0) is 11.9. The van der Waals surface area contributed by atoms with Crippen molar-refractivity contribution < 1.29 is 13.9 Å². The van der Waals surface area contributed by atoms with Crippen LogP contribution in [0.15, 0.2) is 18.2 Å². The molecule has 1 aromatic carbocycles. The Bertz CT molecular complexity index is 464. The number of hydrogen-bond acceptors (Lipinski definition) is 3. The molecule has 0 bridgehead atoms. The number of rotatable bonds is 0. The van der Waals surface area contributed by atoms with Gasteiger partial charge in [-0.2, -0.15) is 0 Å². The smallest absolute Gasteiger partial charge is 0.342 e. The summed E-state index contributed by atoms with van der Waals surface area (Å²) in [5, 5.41) is 3.27. The number of carbonyl (C=O) groups excluding carboxylic acids is 1. The van der Waals surface area contributed by atoms with Crippen LogP contribution < -0.4 is 5.32 Å². The average Bonchev–Trinajstić information content (AvgIpc) is 2.49. The van der Waals surface area contributed by atoms with Gasteiger partial charge in [-0.3, -0.25) is 0 Å². The third-order valence-corrected chi connectivity index (χ3v) is 3.64. The first-order chi connectivity index (χ1) is 8.23. The molecule has 1 aromatic rings. The molecule has 1 spiro atoms. The van der Waals surface area contributed by atoms with Gasteiger partial charge in [0.2, 0.25) is 0 Å². The molecule has 1 N–H and O–H groups in total. The summed E-state index contributed by atoms with van der Waals surface area (Å²) in [5.41, 5.74) is 0.262. The molecule has 2 heterocycles. The molecule has 0 radical (unpaired) electrons. The zero-order valence-electron chi connectivity index (χ0n) is 9.46. The summed E-state index contributed by atoms with van der Waals surface area (Å²) in [6.07, 6.45) is 2.42. The van der Waals surface area contributed by atoms with Crippen LogP contribution in [0.1, 0.15) is 35.2 Å². The van der Waals surface area contributed by atoms with Crippen molar-refractivity contribution in [3.8, 4) is 0 Å². The first-order valence-corrected chi connectivity index (χ1v) is 5.96. The van der Waals surface area contributed by atoms with Gasteiger partial charge in [0.25, 0.3) is 0 Å². The molecule has 3 nitrogen and oxygen atoms in total. The lowest BCUT2D eigenvalue weighted by Crippen LogP contribution is -2.27. The lowest BCUT2D eigenvalue weighted by atomic mass is 9.86. The van der Waals surface area contributed by atoms with Gasteiger partial charge >= 0.3 is 5.97 Å². The lowest BCUT2D eigenvalue weighted by molar-refractivity contribution is -0.0148. The van der Waals surface area contributed by atoms with Gasteiger partial charge in [-0.1, -0.05) is 12.1 Å². The summed E-state index contributed by atoms with van der Waals surface area (Å²) in [6.45, 7) is 1.72. The molecule has 2 aliphatic heterocycles. The highest BCUT2D eigenvalue weighted by Crippen LogP contribution is 2.43. The number of benzene rings is 1. The zero-order valence-corrected chi connectivity index (χ0v) is 9.46. The fourth-order valence-corrected chi connectivity index (χ4v) is 2.81. The maximum Gasteiger partial charge on any atom is 0.342 e. The minimum atomic E-state index is -0.599. The molecule has 0 amide bonds. The van der Waals surface area contributed by atoms with Crippen LogP contribution in [0.3, 0.4) is 0 Å². The summed E-state index contributed by atoms with van der Waals surface area (Å²) in [7, 11) is 0. The molecule has 1 atom stereocenters. The van der Waals surface area contributed by atoms with Crippen LogP contribution in [0.5, 0.6) is 0 Å². The van der Waals surface area contributed by atoms with Crippen LogP contribution in [-0.4, -0.2) is 19.1 Å². The molecule has 2 aliphatic rings. The third kappa shape index (κ3) is 1.55. The van der Waals surface area contributed by atoms with E-state index in [1.807, 2.05) is 6.07 Å². The highest BCUT2D eigenvalue weighted by molar-refractivity contribution is 5.95. The van der Waals surface area contributed by atoms with Gasteiger partial charge < -0.3 is 10.1 Å². The number of fused-ring (bicyclic) bond motifs is 2. The number of carbonyl (C=O) groups is 1. The summed E-state index contributed by atoms with van der Waals surface area (Å²) >= 11 is 0. The average molecular weight is 235 g/mol. The number of halogens is 1. The topological polar surface area (TPSA) is 38.3 Å². The summed E-state index contributed by atoms with van der Waals surface area (Å²) < 4.78 is 19.2. The minimum Gasteiger partial charge on any atom is -0.450 e. The van der Waals surface area contributed by atoms with E-state index in [0.717, 1.165) is 37.9 Å². The minimum absolute atomic E-state index is 0.134. The van der Waals surface area contributed by atoms with Crippen LogP contribution in [0.25, 0.3) is 0 Å². The van der Waals surface area contributed by atoms with E-state index in [2.05, 4.69) is 5.32 Å². The van der Waals surface area contributed by atoms with Gasteiger partial charge in [0.1, 0.15) is 17.0 Å². The second-order valence-corrected chi connectivity index (χ2v) is 4.65. The molecule has 0 aromatic heterocycles. The van der Waals surface area contributed by atoms with E-state index < -0.39 is 17.4 Å². The molecular weight excluding hydrogens is 221 g/mol. The van der Waals surface area contributed by atoms with E-state index in [1.54, 1.807) is 6.07 Å². The maximum atomic E-state index is 13.7. The monoisotopic (exact) mass is 235 g/mol. The molecule has 0 saturated carbocycles. The Morgan fingerprint density at radius 2 is 2.18 bits per heavy atom. The van der Waals surface area contributed by atoms with E-state index in [9.17, 15) is 9.18 Å². The first-order valence-electron chi connectivity index (χ1n) is 5.96. The summed E-state index contributed by atoms with van der Waals surface area (Å²) in [6, 6.07) is 4.78. The Balaban J connectivity index is 2.11. The summed E-state index contributed by atoms with van der Waals surface area (Å²) in [5.74, 6) is -0.985. The fraction of sp³-hybridized carbons (Fsp3) is 0.462. The van der Waals surface area contributed by atoms with E-state index >= 15 is 0 Å². The molecule has 3 rings (SSSR count). The molecule has 4 heteroatoms. The third-order valence-electron chi connectivity index (χ3n) is 3.64. The Morgan fingerprint density at radius 3 is 3.06 bits per heavy atom. The first kappa shape index (κ1) is 10.7. The van der Waals surface area contributed by atoms with Crippen LogP contribution in [-0.2, 0) is 10.3 Å². The molecule has 0 aliphatic carbocycles. The fourth-order valence-electron chi connectivity index (χ4n) is 2.81. The summed E-state index contributed by atoms with van der Waals surface area (Å²) in [4.78, 5) is 11.8. The molecule has 1 saturated heterocycles. The predicted molar refractivity (Wildman–Crippen MR) is 60.2 cm³/mol. The Morgan fingerprint density at radius 1 is 1.29 bits per heavy atom. The van der Waals surface area contributed by atoms with E-state index in [4.69, 9.17) is 4.74 Å². The van der Waals surface area contributed by atoms with Crippen LogP contribution >= 0.6 is 0 Å². The number of esters is 1. The van der Waals surface area contributed by atoms with Crippen LogP contribution in [0.4, 0.5) is 4.39 Å². The Kier molecular flexibility index (Phi) is 2.40. The van der Waals surface area contributed by atoms with Gasteiger partial charge in [-0.15, -0.1) is 0 Å². The van der Waals surface area contributed by atoms with Crippen molar-refractivity contribution in [2.75, 3.05) is 13.1 Å². The normalized spacial score (nSPS) is 27.7. The number of nitrogens with one attached hydrogen (secondary N) is 1. The molecular formula is C13H14FNO2. The molecule has 1 unspecified atom stereocenters. The van der Waals surface area contributed by atoms with Gasteiger partial charge in [0.15, 0.2) is 0 Å². The van der Waals surface area contributed by atoms with Gasteiger partial charge in [-0.25, -0.2) is 9.18 Å². The van der Waals surface area contributed by atoms with Crippen molar-refractivity contribution in [2.45, 2.75) is 24.9 Å². The van der Waals surface area contributed by atoms with Gasteiger partial charge in [0, 0.05) is 12.0 Å². The molecule has 90 valence electrons. The van der Waals surface area contributed by atoms with Crippen molar-refractivity contribution >= 4 is 5.97 Å². The van der Waals surface area contributed by atoms with Crippen molar-refractivity contribution in [3.05, 3.63) is 35.1 Å². The lowest BCUT2D eigenvalue weighted by Gasteiger charge is -2.26. The number of hydrogen-bond donors (Lipinski definition) is 1. The Hall–Kier alpha value is -1.42. The standard InChI is InChI=1S/C13H14FNO2/c14-10-4-1-3-9-11(10)12(16)17-13(9)5-2-7-15-8-6-13/h1,3-4,15H,2,5-8H2.